The van der Waals surface area contributed by atoms with Gasteiger partial charge in [0.15, 0.2) is 11.5 Å². The summed E-state index contributed by atoms with van der Waals surface area (Å²) in [5, 5.41) is 2.92. The summed E-state index contributed by atoms with van der Waals surface area (Å²) in [6.45, 7) is 0. The van der Waals surface area contributed by atoms with Crippen molar-refractivity contribution in [2.24, 2.45) is 7.05 Å². The molecule has 24 heavy (non-hydrogen) atoms. The highest BCUT2D eigenvalue weighted by molar-refractivity contribution is 5.91. The molecule has 2 aromatic rings. The van der Waals surface area contributed by atoms with Crippen molar-refractivity contribution >= 4 is 11.6 Å². The Morgan fingerprint density at radius 3 is 2.83 bits per heavy atom. The normalized spacial score (nSPS) is 17.4. The number of benzene rings is 1. The number of nitrogens with zero attached hydrogens (tertiary/aromatic N) is 2. The van der Waals surface area contributed by atoms with Gasteiger partial charge in [-0.25, -0.2) is 4.98 Å². The van der Waals surface area contributed by atoms with Crippen LogP contribution in [0.4, 0.5) is 5.69 Å². The number of fused-ring (bicyclic) bond motifs is 1. The SMILES string of the molecule is Cn1ccnc1CCC(=O)Nc1ccc2c(c1)OC1(CCCC1)O2. The molecule has 2 aliphatic rings. The predicted molar refractivity (Wildman–Crippen MR) is 89.1 cm³/mol. The van der Waals surface area contributed by atoms with Gasteiger partial charge in [0.2, 0.25) is 5.91 Å². The maximum Gasteiger partial charge on any atom is 0.251 e. The number of carbonyl (C=O) groups is 1. The number of aryl methyl sites for hydroxylation is 2. The summed E-state index contributed by atoms with van der Waals surface area (Å²) in [6, 6.07) is 5.58. The highest BCUT2D eigenvalue weighted by atomic mass is 16.7. The van der Waals surface area contributed by atoms with Crippen molar-refractivity contribution < 1.29 is 14.3 Å². The van der Waals surface area contributed by atoms with Crippen LogP contribution in [0.5, 0.6) is 11.5 Å². The standard InChI is InChI=1S/C18H21N3O3/c1-21-11-10-19-16(21)6-7-17(22)20-13-4-5-14-15(12-13)24-18(23-14)8-2-3-9-18/h4-5,10-12H,2-3,6-9H2,1H3,(H,20,22). The Hall–Kier alpha value is -2.50. The second-order valence-electron chi connectivity index (χ2n) is 6.49. The van der Waals surface area contributed by atoms with E-state index in [9.17, 15) is 4.79 Å². The monoisotopic (exact) mass is 327 g/mol. The Balaban J connectivity index is 1.38. The molecule has 4 rings (SSSR count). The molecule has 1 fully saturated rings. The first-order valence-corrected chi connectivity index (χ1v) is 8.42. The lowest BCUT2D eigenvalue weighted by Crippen LogP contribution is -2.34. The zero-order chi connectivity index (χ0) is 16.6. The molecule has 1 N–H and O–H groups in total. The molecule has 0 unspecified atom stereocenters. The van der Waals surface area contributed by atoms with Gasteiger partial charge in [-0.3, -0.25) is 4.79 Å². The van der Waals surface area contributed by atoms with Crippen molar-refractivity contribution in [3.8, 4) is 11.5 Å². The summed E-state index contributed by atoms with van der Waals surface area (Å²) in [7, 11) is 1.93. The molecule has 1 spiro atoms. The van der Waals surface area contributed by atoms with E-state index >= 15 is 0 Å². The Kier molecular flexibility index (Phi) is 3.67. The first kappa shape index (κ1) is 15.1. The predicted octanol–water partition coefficient (Wildman–Crippen LogP) is 3.03. The Labute approximate surface area is 140 Å². The van der Waals surface area contributed by atoms with E-state index in [4.69, 9.17) is 9.47 Å². The molecule has 0 radical (unpaired) electrons. The second kappa shape index (κ2) is 5.85. The minimum absolute atomic E-state index is 0.0348. The van der Waals surface area contributed by atoms with Crippen LogP contribution in [-0.2, 0) is 18.3 Å². The number of imidazole rings is 1. The number of hydrogen-bond acceptors (Lipinski definition) is 4. The van der Waals surface area contributed by atoms with E-state index in [0.29, 0.717) is 12.8 Å². The lowest BCUT2D eigenvalue weighted by Gasteiger charge is -2.21. The maximum absolute atomic E-state index is 12.1. The summed E-state index contributed by atoms with van der Waals surface area (Å²) < 4.78 is 13.9. The molecule has 0 bridgehead atoms. The van der Waals surface area contributed by atoms with Gasteiger partial charge in [0.1, 0.15) is 5.82 Å². The first-order chi connectivity index (χ1) is 11.6. The molecule has 1 saturated carbocycles. The number of hydrogen-bond donors (Lipinski definition) is 1. The van der Waals surface area contributed by atoms with Crippen LogP contribution in [-0.4, -0.2) is 21.2 Å². The smallest absolute Gasteiger partial charge is 0.251 e. The molecular formula is C18H21N3O3. The van der Waals surface area contributed by atoms with Gasteiger partial charge in [0, 0.05) is 56.9 Å². The Morgan fingerprint density at radius 1 is 1.29 bits per heavy atom. The third kappa shape index (κ3) is 2.84. The molecule has 6 nitrogen and oxygen atoms in total. The fourth-order valence-electron chi connectivity index (χ4n) is 3.38. The number of amides is 1. The van der Waals surface area contributed by atoms with E-state index in [1.165, 1.54) is 0 Å². The lowest BCUT2D eigenvalue weighted by molar-refractivity contribution is -0.116. The van der Waals surface area contributed by atoms with E-state index < -0.39 is 5.79 Å². The van der Waals surface area contributed by atoms with Gasteiger partial charge in [0.05, 0.1) is 0 Å². The molecule has 1 aromatic heterocycles. The Morgan fingerprint density at radius 2 is 2.08 bits per heavy atom. The summed E-state index contributed by atoms with van der Waals surface area (Å²) in [5.41, 5.74) is 0.734. The molecule has 2 heterocycles. The molecule has 0 atom stereocenters. The first-order valence-electron chi connectivity index (χ1n) is 8.42. The van der Waals surface area contributed by atoms with Gasteiger partial charge in [-0.15, -0.1) is 0 Å². The van der Waals surface area contributed by atoms with Crippen LogP contribution < -0.4 is 14.8 Å². The van der Waals surface area contributed by atoms with E-state index in [1.807, 2.05) is 36.0 Å². The second-order valence-corrected chi connectivity index (χ2v) is 6.49. The number of rotatable bonds is 4. The summed E-state index contributed by atoms with van der Waals surface area (Å²) >= 11 is 0. The van der Waals surface area contributed by atoms with E-state index in [0.717, 1.165) is 48.7 Å². The van der Waals surface area contributed by atoms with Crippen LogP contribution in [0.3, 0.4) is 0 Å². The summed E-state index contributed by atoms with van der Waals surface area (Å²) in [6.07, 6.45) is 8.73. The third-order valence-electron chi connectivity index (χ3n) is 4.68. The average molecular weight is 327 g/mol. The van der Waals surface area contributed by atoms with Crippen LogP contribution >= 0.6 is 0 Å². The van der Waals surface area contributed by atoms with Gasteiger partial charge in [0.25, 0.3) is 5.79 Å². The molecule has 1 aliphatic carbocycles. The molecule has 6 heteroatoms. The van der Waals surface area contributed by atoms with E-state index in [1.54, 1.807) is 6.20 Å². The molecule has 0 saturated heterocycles. The van der Waals surface area contributed by atoms with Crippen molar-refractivity contribution in [2.75, 3.05) is 5.32 Å². The lowest BCUT2D eigenvalue weighted by atomic mass is 10.2. The fourth-order valence-corrected chi connectivity index (χ4v) is 3.38. The highest BCUT2D eigenvalue weighted by Crippen LogP contribution is 2.47. The fraction of sp³-hybridized carbons (Fsp3) is 0.444. The zero-order valence-corrected chi connectivity index (χ0v) is 13.7. The van der Waals surface area contributed by atoms with Crippen molar-refractivity contribution in [1.29, 1.82) is 0 Å². The number of carbonyl (C=O) groups excluding carboxylic acids is 1. The topological polar surface area (TPSA) is 65.4 Å². The largest absolute Gasteiger partial charge is 0.448 e. The number of aromatic nitrogens is 2. The number of nitrogens with one attached hydrogen (secondary N) is 1. The summed E-state index contributed by atoms with van der Waals surface area (Å²) in [5.74, 6) is 1.89. The van der Waals surface area contributed by atoms with Crippen LogP contribution in [0.2, 0.25) is 0 Å². The van der Waals surface area contributed by atoms with Crippen LogP contribution in [0.15, 0.2) is 30.6 Å². The van der Waals surface area contributed by atoms with E-state index in [2.05, 4.69) is 10.3 Å². The molecule has 126 valence electrons. The van der Waals surface area contributed by atoms with Gasteiger partial charge in [-0.2, -0.15) is 0 Å². The molecule has 1 aromatic carbocycles. The third-order valence-corrected chi connectivity index (χ3v) is 4.68. The van der Waals surface area contributed by atoms with Crippen LogP contribution in [0.25, 0.3) is 0 Å². The van der Waals surface area contributed by atoms with Crippen LogP contribution in [0.1, 0.15) is 37.9 Å². The highest BCUT2D eigenvalue weighted by Gasteiger charge is 2.44. The average Bonchev–Trinajstić information content (AvgIpc) is 3.26. The van der Waals surface area contributed by atoms with Gasteiger partial charge in [-0.05, 0) is 25.0 Å². The minimum atomic E-state index is -0.469. The van der Waals surface area contributed by atoms with Gasteiger partial charge >= 0.3 is 0 Å². The van der Waals surface area contributed by atoms with Gasteiger partial charge in [-0.1, -0.05) is 0 Å². The van der Waals surface area contributed by atoms with Crippen LogP contribution in [0, 0.1) is 0 Å². The van der Waals surface area contributed by atoms with Crippen molar-refractivity contribution in [1.82, 2.24) is 9.55 Å². The number of anilines is 1. The maximum atomic E-state index is 12.1. The van der Waals surface area contributed by atoms with Crippen molar-refractivity contribution in [3.05, 3.63) is 36.4 Å². The van der Waals surface area contributed by atoms with Gasteiger partial charge < -0.3 is 19.4 Å². The minimum Gasteiger partial charge on any atom is -0.448 e. The zero-order valence-electron chi connectivity index (χ0n) is 13.7. The molecule has 1 amide bonds. The summed E-state index contributed by atoms with van der Waals surface area (Å²) in [4.78, 5) is 16.4. The van der Waals surface area contributed by atoms with Crippen molar-refractivity contribution in [2.45, 2.75) is 44.3 Å². The Bertz CT molecular complexity index is 763. The quantitative estimate of drug-likeness (QED) is 0.937. The van der Waals surface area contributed by atoms with E-state index in [-0.39, 0.29) is 5.91 Å². The molecular weight excluding hydrogens is 306 g/mol. The number of ether oxygens (including phenoxy) is 2. The molecule has 1 aliphatic heterocycles. The van der Waals surface area contributed by atoms with Crippen molar-refractivity contribution in [3.63, 3.8) is 0 Å².